The summed E-state index contributed by atoms with van der Waals surface area (Å²) in [5, 5.41) is 0.614. The van der Waals surface area contributed by atoms with E-state index in [1.165, 1.54) is 18.4 Å². The molecular weight excluding hydrogens is 301 g/mol. The third kappa shape index (κ3) is 3.39. The van der Waals surface area contributed by atoms with Crippen LogP contribution in [0.1, 0.15) is 56.7 Å². The molecule has 2 N–H and O–H groups in total. The minimum atomic E-state index is -4.43. The van der Waals surface area contributed by atoms with Crippen LogP contribution in [-0.2, 0) is 6.54 Å². The van der Waals surface area contributed by atoms with E-state index >= 15 is 0 Å². The first-order valence-electron chi connectivity index (χ1n) is 8.01. The SMILES string of the molecule is CC(C)(C)Cn1cc([C@H](N)C(F)(F)F)c2ccc(C3CC3)cc21. The molecule has 1 aromatic carbocycles. The fraction of sp³-hybridized carbons (Fsp3) is 0.556. The average Bonchev–Trinajstić information content (AvgIpc) is 3.20. The van der Waals surface area contributed by atoms with Crippen LogP contribution in [0.2, 0.25) is 0 Å². The van der Waals surface area contributed by atoms with Crippen molar-refractivity contribution in [3.63, 3.8) is 0 Å². The Bertz CT molecular complexity index is 718. The van der Waals surface area contributed by atoms with Crippen molar-refractivity contribution in [2.45, 2.75) is 58.3 Å². The van der Waals surface area contributed by atoms with Gasteiger partial charge in [0, 0.05) is 29.2 Å². The number of nitrogens with two attached hydrogens (primary N) is 1. The Morgan fingerprint density at radius 1 is 1.22 bits per heavy atom. The molecule has 0 saturated heterocycles. The second-order valence-electron chi connectivity index (χ2n) is 7.84. The van der Waals surface area contributed by atoms with Crippen LogP contribution in [0.3, 0.4) is 0 Å². The van der Waals surface area contributed by atoms with Crippen LogP contribution < -0.4 is 5.73 Å². The third-order valence-electron chi connectivity index (χ3n) is 4.32. The van der Waals surface area contributed by atoms with E-state index in [0.29, 0.717) is 17.8 Å². The van der Waals surface area contributed by atoms with Gasteiger partial charge >= 0.3 is 6.18 Å². The molecule has 1 aliphatic carbocycles. The molecule has 1 aromatic heterocycles. The fourth-order valence-corrected chi connectivity index (χ4v) is 3.07. The molecule has 23 heavy (non-hydrogen) atoms. The highest BCUT2D eigenvalue weighted by Gasteiger charge is 2.39. The van der Waals surface area contributed by atoms with Crippen LogP contribution in [-0.4, -0.2) is 10.7 Å². The monoisotopic (exact) mass is 324 g/mol. The van der Waals surface area contributed by atoms with E-state index in [1.54, 1.807) is 6.20 Å². The van der Waals surface area contributed by atoms with E-state index in [2.05, 4.69) is 20.8 Å². The molecule has 0 radical (unpaired) electrons. The van der Waals surface area contributed by atoms with Crippen molar-refractivity contribution in [3.8, 4) is 0 Å². The Kier molecular flexibility index (Phi) is 3.75. The van der Waals surface area contributed by atoms with Gasteiger partial charge in [-0.25, -0.2) is 0 Å². The predicted molar refractivity (Wildman–Crippen MR) is 86.4 cm³/mol. The zero-order valence-corrected chi connectivity index (χ0v) is 13.7. The van der Waals surface area contributed by atoms with Crippen LogP contribution in [0, 0.1) is 5.41 Å². The lowest BCUT2D eigenvalue weighted by Crippen LogP contribution is -2.28. The lowest BCUT2D eigenvalue weighted by Gasteiger charge is -2.20. The third-order valence-corrected chi connectivity index (χ3v) is 4.32. The van der Waals surface area contributed by atoms with E-state index in [4.69, 9.17) is 5.73 Å². The first-order chi connectivity index (χ1) is 10.6. The normalized spacial score (nSPS) is 17.7. The summed E-state index contributed by atoms with van der Waals surface area (Å²) < 4.78 is 41.2. The molecule has 126 valence electrons. The number of aromatic nitrogens is 1. The van der Waals surface area contributed by atoms with Gasteiger partial charge in [0.1, 0.15) is 6.04 Å². The van der Waals surface area contributed by atoms with Gasteiger partial charge in [-0.15, -0.1) is 0 Å². The Hall–Kier alpha value is -1.49. The zero-order valence-electron chi connectivity index (χ0n) is 13.7. The summed E-state index contributed by atoms with van der Waals surface area (Å²) in [5.74, 6) is 0.567. The first kappa shape index (κ1) is 16.4. The number of fused-ring (bicyclic) bond motifs is 1. The van der Waals surface area contributed by atoms with Gasteiger partial charge in [0.05, 0.1) is 0 Å². The Morgan fingerprint density at radius 2 is 1.87 bits per heavy atom. The van der Waals surface area contributed by atoms with Crippen molar-refractivity contribution in [3.05, 3.63) is 35.5 Å². The van der Waals surface area contributed by atoms with Gasteiger partial charge in [-0.2, -0.15) is 13.2 Å². The molecular formula is C18H23F3N2. The van der Waals surface area contributed by atoms with E-state index in [-0.39, 0.29) is 11.0 Å². The molecule has 2 aromatic rings. The van der Waals surface area contributed by atoms with Gasteiger partial charge in [0.15, 0.2) is 0 Å². The number of halogens is 3. The quantitative estimate of drug-likeness (QED) is 0.834. The van der Waals surface area contributed by atoms with Gasteiger partial charge in [0.25, 0.3) is 0 Å². The summed E-state index contributed by atoms with van der Waals surface area (Å²) in [6.07, 6.45) is -0.512. The molecule has 3 rings (SSSR count). The van der Waals surface area contributed by atoms with Crippen LogP contribution in [0.15, 0.2) is 24.4 Å². The van der Waals surface area contributed by atoms with Crippen LogP contribution >= 0.6 is 0 Å². The highest BCUT2D eigenvalue weighted by molar-refractivity contribution is 5.85. The lowest BCUT2D eigenvalue weighted by molar-refractivity contribution is -0.148. The molecule has 1 heterocycles. The summed E-state index contributed by atoms with van der Waals surface area (Å²) in [5.41, 5.74) is 7.71. The Morgan fingerprint density at radius 3 is 2.39 bits per heavy atom. The van der Waals surface area contributed by atoms with E-state index in [1.807, 2.05) is 22.8 Å². The Balaban J connectivity index is 2.13. The number of hydrogen-bond acceptors (Lipinski definition) is 1. The number of hydrogen-bond donors (Lipinski definition) is 1. The van der Waals surface area contributed by atoms with Gasteiger partial charge < -0.3 is 10.3 Å². The number of alkyl halides is 3. The second-order valence-corrected chi connectivity index (χ2v) is 7.84. The maximum atomic E-state index is 13.1. The first-order valence-corrected chi connectivity index (χ1v) is 8.01. The topological polar surface area (TPSA) is 30.9 Å². The van der Waals surface area contributed by atoms with Crippen molar-refractivity contribution in [1.82, 2.24) is 4.57 Å². The highest BCUT2D eigenvalue weighted by Crippen LogP contribution is 2.42. The summed E-state index contributed by atoms with van der Waals surface area (Å²) in [7, 11) is 0. The van der Waals surface area contributed by atoms with Crippen molar-refractivity contribution in [1.29, 1.82) is 0 Å². The molecule has 5 heteroatoms. The van der Waals surface area contributed by atoms with Gasteiger partial charge in [-0.1, -0.05) is 32.9 Å². The molecule has 2 nitrogen and oxygen atoms in total. The maximum absolute atomic E-state index is 13.1. The molecule has 0 spiro atoms. The number of nitrogens with zero attached hydrogens (tertiary/aromatic N) is 1. The molecule has 0 aliphatic heterocycles. The number of rotatable bonds is 3. The van der Waals surface area contributed by atoms with Crippen molar-refractivity contribution in [2.24, 2.45) is 11.1 Å². The Labute approximate surface area is 134 Å². The van der Waals surface area contributed by atoms with Gasteiger partial charge in [0.2, 0.25) is 0 Å². The van der Waals surface area contributed by atoms with Crippen molar-refractivity contribution in [2.75, 3.05) is 0 Å². The van der Waals surface area contributed by atoms with E-state index in [9.17, 15) is 13.2 Å². The average molecular weight is 324 g/mol. The predicted octanol–water partition coefficient (Wildman–Crippen LogP) is 5.13. The molecule has 1 aliphatic rings. The highest BCUT2D eigenvalue weighted by atomic mass is 19.4. The summed E-state index contributed by atoms with van der Waals surface area (Å²) in [6.45, 7) is 6.88. The number of benzene rings is 1. The fourth-order valence-electron chi connectivity index (χ4n) is 3.07. The zero-order chi connectivity index (χ0) is 17.0. The molecule has 1 fully saturated rings. The molecule has 0 unspecified atom stereocenters. The van der Waals surface area contributed by atoms with Gasteiger partial charge in [-0.3, -0.25) is 0 Å². The van der Waals surface area contributed by atoms with Crippen molar-refractivity contribution >= 4 is 10.9 Å². The molecule has 1 saturated carbocycles. The minimum Gasteiger partial charge on any atom is -0.347 e. The molecule has 1 atom stereocenters. The van der Waals surface area contributed by atoms with Crippen LogP contribution in [0.4, 0.5) is 13.2 Å². The van der Waals surface area contributed by atoms with E-state index in [0.717, 1.165) is 5.52 Å². The maximum Gasteiger partial charge on any atom is 0.407 e. The minimum absolute atomic E-state index is 0.0267. The smallest absolute Gasteiger partial charge is 0.347 e. The standard InChI is InChI=1S/C18H23F3N2/c1-17(2,3)10-23-9-14(16(22)18(19,20)21)13-7-6-12(8-15(13)23)11-4-5-11/h6-9,11,16H,4-5,10,22H2,1-3H3/t16-/m0/s1. The largest absolute Gasteiger partial charge is 0.407 e. The summed E-state index contributed by atoms with van der Waals surface area (Å²) in [4.78, 5) is 0. The summed E-state index contributed by atoms with van der Waals surface area (Å²) >= 11 is 0. The second kappa shape index (κ2) is 5.26. The molecule has 0 amide bonds. The van der Waals surface area contributed by atoms with Gasteiger partial charge in [-0.05, 0) is 35.8 Å². The summed E-state index contributed by atoms with van der Waals surface area (Å²) in [6, 6.07) is 3.86. The molecule has 0 bridgehead atoms. The lowest BCUT2D eigenvalue weighted by atomic mass is 9.97. The van der Waals surface area contributed by atoms with Crippen LogP contribution in [0.5, 0.6) is 0 Å². The van der Waals surface area contributed by atoms with Crippen LogP contribution in [0.25, 0.3) is 10.9 Å². The van der Waals surface area contributed by atoms with E-state index < -0.39 is 12.2 Å². The van der Waals surface area contributed by atoms with Crippen molar-refractivity contribution < 1.29 is 13.2 Å².